The lowest BCUT2D eigenvalue weighted by molar-refractivity contribution is -0.141. The van der Waals surface area contributed by atoms with Crippen LogP contribution in [0.5, 0.6) is 0 Å². The van der Waals surface area contributed by atoms with Crippen LogP contribution in [0.4, 0.5) is 0 Å². The number of carboxylic acid groups (broad SMARTS) is 1. The summed E-state index contributed by atoms with van der Waals surface area (Å²) < 4.78 is 0. The molecule has 0 saturated carbocycles. The number of rotatable bonds is 6. The van der Waals surface area contributed by atoms with Crippen molar-refractivity contribution < 1.29 is 14.7 Å². The Morgan fingerprint density at radius 3 is 2.50 bits per heavy atom. The predicted molar refractivity (Wildman–Crippen MR) is 83.4 cm³/mol. The number of nitrogens with zero attached hydrogens (tertiary/aromatic N) is 1. The summed E-state index contributed by atoms with van der Waals surface area (Å²) in [5.74, 6) is -1.52. The average Bonchev–Trinajstić information content (AvgIpc) is 2.55. The van der Waals surface area contributed by atoms with Gasteiger partial charge in [0.05, 0.1) is 11.6 Å². The Morgan fingerprint density at radius 1 is 1.18 bits per heavy atom. The van der Waals surface area contributed by atoms with Crippen LogP contribution >= 0.6 is 0 Å². The van der Waals surface area contributed by atoms with Crippen molar-refractivity contribution in [3.05, 3.63) is 54.2 Å². The average molecular weight is 298 g/mol. The minimum Gasteiger partial charge on any atom is -0.481 e. The number of hydrogen-bond donors (Lipinski definition) is 2. The number of hydrogen-bond acceptors (Lipinski definition) is 3. The van der Waals surface area contributed by atoms with Crippen molar-refractivity contribution in [1.82, 2.24) is 10.3 Å². The molecule has 0 aliphatic rings. The van der Waals surface area contributed by atoms with Gasteiger partial charge in [-0.2, -0.15) is 0 Å². The van der Waals surface area contributed by atoms with Gasteiger partial charge in [0.15, 0.2) is 0 Å². The molecule has 2 aromatic rings. The van der Waals surface area contributed by atoms with Gasteiger partial charge in [-0.05, 0) is 30.7 Å². The molecule has 0 spiro atoms. The molecule has 22 heavy (non-hydrogen) atoms. The van der Waals surface area contributed by atoms with Crippen molar-refractivity contribution in [3.63, 3.8) is 0 Å². The molecule has 0 aliphatic carbocycles. The van der Waals surface area contributed by atoms with E-state index in [1.165, 1.54) is 0 Å². The van der Waals surface area contributed by atoms with Crippen LogP contribution in [0.1, 0.15) is 23.7 Å². The Bertz CT molecular complexity index is 639. The van der Waals surface area contributed by atoms with Crippen molar-refractivity contribution in [2.45, 2.75) is 13.3 Å². The zero-order valence-corrected chi connectivity index (χ0v) is 12.3. The Morgan fingerprint density at radius 2 is 1.91 bits per heavy atom. The highest BCUT2D eigenvalue weighted by molar-refractivity contribution is 5.94. The summed E-state index contributed by atoms with van der Waals surface area (Å²) >= 11 is 0. The van der Waals surface area contributed by atoms with E-state index in [2.05, 4.69) is 10.3 Å². The molecular formula is C17H18N2O3. The van der Waals surface area contributed by atoms with Gasteiger partial charge in [-0.3, -0.25) is 14.6 Å². The zero-order chi connectivity index (χ0) is 15.9. The maximum atomic E-state index is 12.0. The van der Waals surface area contributed by atoms with Crippen molar-refractivity contribution in [3.8, 4) is 11.3 Å². The van der Waals surface area contributed by atoms with E-state index in [4.69, 9.17) is 5.11 Å². The molecule has 5 nitrogen and oxygen atoms in total. The topological polar surface area (TPSA) is 79.3 Å². The second kappa shape index (κ2) is 7.36. The maximum absolute atomic E-state index is 12.0. The Hall–Kier alpha value is -2.69. The summed E-state index contributed by atoms with van der Waals surface area (Å²) in [6, 6.07) is 12.8. The molecule has 1 aromatic heterocycles. The minimum absolute atomic E-state index is 0.204. The second-order valence-corrected chi connectivity index (χ2v) is 5.08. The molecule has 1 unspecified atom stereocenters. The minimum atomic E-state index is -0.853. The number of aromatic nitrogens is 1. The van der Waals surface area contributed by atoms with Crippen LogP contribution in [0.3, 0.4) is 0 Å². The first-order valence-electron chi connectivity index (χ1n) is 7.10. The van der Waals surface area contributed by atoms with Crippen LogP contribution < -0.4 is 5.32 Å². The van der Waals surface area contributed by atoms with Gasteiger partial charge in [0.25, 0.3) is 5.91 Å². The van der Waals surface area contributed by atoms with Crippen LogP contribution in [-0.4, -0.2) is 28.5 Å². The fraction of sp³-hybridized carbons (Fsp3) is 0.235. The number of benzene rings is 1. The third-order valence-electron chi connectivity index (χ3n) is 3.39. The van der Waals surface area contributed by atoms with Crippen LogP contribution in [0.15, 0.2) is 48.7 Å². The van der Waals surface area contributed by atoms with Crippen molar-refractivity contribution >= 4 is 11.9 Å². The third kappa shape index (κ3) is 4.15. The number of carbonyl (C=O) groups excluding carboxylic acids is 1. The number of amides is 1. The normalized spacial score (nSPS) is 11.7. The molecule has 1 atom stereocenters. The third-order valence-corrected chi connectivity index (χ3v) is 3.39. The van der Waals surface area contributed by atoms with Crippen LogP contribution in [-0.2, 0) is 4.79 Å². The molecule has 2 rings (SSSR count). The highest BCUT2D eigenvalue weighted by atomic mass is 16.4. The number of aliphatic carboxylic acids is 1. The van der Waals surface area contributed by atoms with Gasteiger partial charge in [-0.15, -0.1) is 0 Å². The molecule has 0 saturated heterocycles. The van der Waals surface area contributed by atoms with E-state index in [-0.39, 0.29) is 5.91 Å². The summed E-state index contributed by atoms with van der Waals surface area (Å²) in [6.07, 6.45) is 2.13. The summed E-state index contributed by atoms with van der Waals surface area (Å²) in [5.41, 5.74) is 2.34. The molecule has 0 fully saturated rings. The van der Waals surface area contributed by atoms with E-state index in [0.717, 1.165) is 11.3 Å². The highest BCUT2D eigenvalue weighted by Gasteiger charge is 2.11. The molecule has 114 valence electrons. The van der Waals surface area contributed by atoms with E-state index in [1.807, 2.05) is 30.3 Å². The van der Waals surface area contributed by atoms with Gasteiger partial charge in [-0.25, -0.2) is 0 Å². The lowest BCUT2D eigenvalue weighted by Crippen LogP contribution is -2.26. The first-order valence-corrected chi connectivity index (χ1v) is 7.10. The molecular weight excluding hydrogens is 280 g/mol. The molecule has 1 aromatic carbocycles. The quantitative estimate of drug-likeness (QED) is 0.859. The largest absolute Gasteiger partial charge is 0.481 e. The Labute approximate surface area is 129 Å². The van der Waals surface area contributed by atoms with Gasteiger partial charge in [0.1, 0.15) is 0 Å². The lowest BCUT2D eigenvalue weighted by Gasteiger charge is -2.08. The highest BCUT2D eigenvalue weighted by Crippen LogP contribution is 2.16. The fourth-order valence-corrected chi connectivity index (χ4v) is 1.95. The molecule has 0 aliphatic heterocycles. The lowest BCUT2D eigenvalue weighted by atomic mass is 10.1. The maximum Gasteiger partial charge on any atom is 0.306 e. The number of pyridine rings is 1. The molecule has 1 amide bonds. The van der Waals surface area contributed by atoms with Crippen LogP contribution in [0, 0.1) is 5.92 Å². The van der Waals surface area contributed by atoms with Gasteiger partial charge in [0.2, 0.25) is 0 Å². The van der Waals surface area contributed by atoms with E-state index in [0.29, 0.717) is 18.5 Å². The number of nitrogens with one attached hydrogen (secondary N) is 1. The Kier molecular flexibility index (Phi) is 5.25. The van der Waals surface area contributed by atoms with Crippen molar-refractivity contribution in [1.29, 1.82) is 0 Å². The van der Waals surface area contributed by atoms with Crippen LogP contribution in [0.2, 0.25) is 0 Å². The first kappa shape index (κ1) is 15.7. The van der Waals surface area contributed by atoms with Crippen molar-refractivity contribution in [2.75, 3.05) is 6.54 Å². The molecule has 0 radical (unpaired) electrons. The Balaban J connectivity index is 1.93. The van der Waals surface area contributed by atoms with Gasteiger partial charge in [-0.1, -0.05) is 25.1 Å². The number of carboxylic acids is 1. The SMILES string of the molecule is CC(CCNC(=O)c1ccc(-c2ccccn2)cc1)C(=O)O. The van der Waals surface area contributed by atoms with E-state index in [1.54, 1.807) is 25.3 Å². The van der Waals surface area contributed by atoms with E-state index >= 15 is 0 Å². The smallest absolute Gasteiger partial charge is 0.306 e. The predicted octanol–water partition coefficient (Wildman–Crippen LogP) is 2.59. The standard InChI is InChI=1S/C17H18N2O3/c1-12(17(21)22)9-11-19-16(20)14-7-5-13(6-8-14)15-4-2-3-10-18-15/h2-8,10,12H,9,11H2,1H3,(H,19,20)(H,21,22). The fourth-order valence-electron chi connectivity index (χ4n) is 1.95. The molecule has 0 bridgehead atoms. The summed E-state index contributed by atoms with van der Waals surface area (Å²) in [7, 11) is 0. The zero-order valence-electron chi connectivity index (χ0n) is 12.3. The van der Waals surface area contributed by atoms with Gasteiger partial charge < -0.3 is 10.4 Å². The number of carbonyl (C=O) groups is 2. The van der Waals surface area contributed by atoms with Crippen LogP contribution in [0.25, 0.3) is 11.3 Å². The monoisotopic (exact) mass is 298 g/mol. The summed E-state index contributed by atoms with van der Waals surface area (Å²) in [4.78, 5) is 26.9. The summed E-state index contributed by atoms with van der Waals surface area (Å²) in [6.45, 7) is 1.96. The van der Waals surface area contributed by atoms with Gasteiger partial charge >= 0.3 is 5.97 Å². The van der Waals surface area contributed by atoms with E-state index in [9.17, 15) is 9.59 Å². The second-order valence-electron chi connectivity index (χ2n) is 5.08. The van der Waals surface area contributed by atoms with E-state index < -0.39 is 11.9 Å². The summed E-state index contributed by atoms with van der Waals surface area (Å²) in [5, 5.41) is 11.5. The molecule has 1 heterocycles. The molecule has 2 N–H and O–H groups in total. The first-order chi connectivity index (χ1) is 10.6. The molecule has 5 heteroatoms. The van der Waals surface area contributed by atoms with Gasteiger partial charge in [0, 0.05) is 23.9 Å². The van der Waals surface area contributed by atoms with Crippen molar-refractivity contribution in [2.24, 2.45) is 5.92 Å².